The molecule has 2 aliphatic rings. The van der Waals surface area contributed by atoms with E-state index < -0.39 is 5.82 Å². The second kappa shape index (κ2) is 9.31. The highest BCUT2D eigenvalue weighted by molar-refractivity contribution is 5.94. The molecule has 5 nitrogen and oxygen atoms in total. The third kappa shape index (κ3) is 5.76. The maximum absolute atomic E-state index is 13.2. The highest BCUT2D eigenvalue weighted by Gasteiger charge is 2.27. The molecule has 3 N–H and O–H groups in total. The summed E-state index contributed by atoms with van der Waals surface area (Å²) in [7, 11) is 0. The second-order valence-corrected chi connectivity index (χ2v) is 8.12. The topological polar surface area (TPSA) is 62.6 Å². The van der Waals surface area contributed by atoms with Gasteiger partial charge in [0.25, 0.3) is 11.8 Å². The van der Waals surface area contributed by atoms with Crippen molar-refractivity contribution >= 4 is 11.8 Å². The van der Waals surface area contributed by atoms with Gasteiger partial charge in [-0.3, -0.25) is 9.59 Å². The predicted octanol–water partition coefficient (Wildman–Crippen LogP) is 1.30. The van der Waals surface area contributed by atoms with Gasteiger partial charge in [0.2, 0.25) is 0 Å². The zero-order valence-corrected chi connectivity index (χ0v) is 16.1. The van der Waals surface area contributed by atoms with Crippen molar-refractivity contribution in [1.29, 1.82) is 0 Å². The fraction of sp³-hybridized carbons (Fsp3) is 0.619. The summed E-state index contributed by atoms with van der Waals surface area (Å²) in [4.78, 5) is 25.9. The largest absolute Gasteiger partial charge is 0.349 e. The van der Waals surface area contributed by atoms with E-state index in [0.717, 1.165) is 32.4 Å². The number of nitrogens with one attached hydrogen (secondary N) is 3. The Labute approximate surface area is 160 Å². The molecule has 27 heavy (non-hydrogen) atoms. The Morgan fingerprint density at radius 3 is 2.56 bits per heavy atom. The van der Waals surface area contributed by atoms with Crippen LogP contribution in [-0.4, -0.2) is 43.5 Å². The summed E-state index contributed by atoms with van der Waals surface area (Å²) in [5.74, 6) is 0.0830. The van der Waals surface area contributed by atoms with Crippen LogP contribution in [0, 0.1) is 11.7 Å². The number of hydrogen-bond acceptors (Lipinski definition) is 2. The van der Waals surface area contributed by atoms with Crippen molar-refractivity contribution in [2.75, 3.05) is 19.6 Å². The number of hydrogen-bond donors (Lipinski definition) is 3. The average molecular weight is 376 g/mol. The molecule has 3 rings (SSSR count). The molecular weight excluding hydrogens is 345 g/mol. The first-order valence-corrected chi connectivity index (χ1v) is 10.2. The molecular formula is C21H31FN3O2+. The summed E-state index contributed by atoms with van der Waals surface area (Å²) in [5, 5.41) is 6.21. The van der Waals surface area contributed by atoms with Gasteiger partial charge in [0, 0.05) is 30.5 Å². The van der Waals surface area contributed by atoms with E-state index in [2.05, 4.69) is 17.6 Å². The van der Waals surface area contributed by atoms with Crippen molar-refractivity contribution in [2.45, 2.75) is 57.5 Å². The van der Waals surface area contributed by atoms with Crippen molar-refractivity contribution in [3.63, 3.8) is 0 Å². The average Bonchev–Trinajstić information content (AvgIpc) is 2.65. The smallest absolute Gasteiger partial charge is 0.275 e. The molecule has 0 bridgehead atoms. The number of carbonyl (C=O) groups excluding carboxylic acids is 2. The molecule has 148 valence electrons. The Bertz CT molecular complexity index is 659. The summed E-state index contributed by atoms with van der Waals surface area (Å²) < 4.78 is 13.2. The van der Waals surface area contributed by atoms with Gasteiger partial charge in [-0.25, -0.2) is 4.39 Å². The second-order valence-electron chi connectivity index (χ2n) is 8.12. The van der Waals surface area contributed by atoms with E-state index in [1.54, 1.807) is 12.1 Å². The molecule has 1 saturated carbocycles. The van der Waals surface area contributed by atoms with E-state index in [1.165, 1.54) is 36.3 Å². The van der Waals surface area contributed by atoms with Crippen LogP contribution in [0.5, 0.6) is 0 Å². The number of quaternary nitrogens is 1. The summed E-state index contributed by atoms with van der Waals surface area (Å²) in [6, 6.07) is 6.17. The van der Waals surface area contributed by atoms with Gasteiger partial charge < -0.3 is 15.5 Å². The van der Waals surface area contributed by atoms with Crippen LogP contribution in [0.4, 0.5) is 4.39 Å². The van der Waals surface area contributed by atoms with Crippen molar-refractivity contribution in [2.24, 2.45) is 5.92 Å². The number of piperidine rings is 1. The Kier molecular flexibility index (Phi) is 6.83. The van der Waals surface area contributed by atoms with Crippen LogP contribution in [0.15, 0.2) is 24.3 Å². The maximum atomic E-state index is 13.2. The van der Waals surface area contributed by atoms with Crippen LogP contribution in [0.3, 0.4) is 0 Å². The lowest BCUT2D eigenvalue weighted by molar-refractivity contribution is -0.897. The predicted molar refractivity (Wildman–Crippen MR) is 102 cm³/mol. The highest BCUT2D eigenvalue weighted by atomic mass is 19.1. The lowest BCUT2D eigenvalue weighted by atomic mass is 9.86. The molecule has 1 aromatic rings. The van der Waals surface area contributed by atoms with Gasteiger partial charge in [-0.05, 0) is 37.0 Å². The number of likely N-dealkylation sites (tertiary alicyclic amines) is 1. The van der Waals surface area contributed by atoms with Crippen LogP contribution in [0.25, 0.3) is 0 Å². The lowest BCUT2D eigenvalue weighted by Crippen LogP contribution is -3.14. The van der Waals surface area contributed by atoms with Crippen LogP contribution in [-0.2, 0) is 4.79 Å². The fourth-order valence-electron chi connectivity index (χ4n) is 4.26. The normalized spacial score (nSPS) is 28.4. The number of benzene rings is 1. The molecule has 0 radical (unpaired) electrons. The first-order valence-electron chi connectivity index (χ1n) is 10.2. The van der Waals surface area contributed by atoms with Crippen LogP contribution >= 0.6 is 0 Å². The van der Waals surface area contributed by atoms with Crippen molar-refractivity contribution in [3.8, 4) is 0 Å². The standard InChI is InChI=1S/C21H30FN3O2/c1-15-5-2-3-8-19(15)24-20(26)14-25-11-9-18(10-12-25)23-21(27)16-6-4-7-17(22)13-16/h4,6-7,13,15,18-19H,2-3,5,8-12,14H2,1H3,(H,23,27)(H,24,26)/p+1/t15-,19-/m1/s1. The lowest BCUT2D eigenvalue weighted by Gasteiger charge is -2.32. The summed E-state index contributed by atoms with van der Waals surface area (Å²) in [5.41, 5.74) is 0.353. The minimum absolute atomic E-state index is 0.0888. The molecule has 1 saturated heterocycles. The molecule has 0 aromatic heterocycles. The monoisotopic (exact) mass is 376 g/mol. The third-order valence-electron chi connectivity index (χ3n) is 5.98. The van der Waals surface area contributed by atoms with E-state index in [0.29, 0.717) is 24.1 Å². The molecule has 1 aliphatic carbocycles. The molecule has 1 aliphatic heterocycles. The Morgan fingerprint density at radius 1 is 1.11 bits per heavy atom. The molecule has 2 fully saturated rings. The fourth-order valence-corrected chi connectivity index (χ4v) is 4.26. The molecule has 1 aromatic carbocycles. The van der Waals surface area contributed by atoms with Gasteiger partial charge in [-0.2, -0.15) is 0 Å². The third-order valence-corrected chi connectivity index (χ3v) is 5.98. The molecule has 0 spiro atoms. The number of amides is 2. The van der Waals surface area contributed by atoms with Crippen molar-refractivity contribution in [1.82, 2.24) is 10.6 Å². The van der Waals surface area contributed by atoms with Gasteiger partial charge in [-0.1, -0.05) is 25.8 Å². The van der Waals surface area contributed by atoms with Gasteiger partial charge in [0.15, 0.2) is 6.54 Å². The van der Waals surface area contributed by atoms with E-state index >= 15 is 0 Å². The zero-order chi connectivity index (χ0) is 19.2. The SMILES string of the molecule is C[C@@H]1CCCC[C@H]1NC(=O)C[NH+]1CCC(NC(=O)c2cccc(F)c2)CC1. The van der Waals surface area contributed by atoms with Gasteiger partial charge in [0.1, 0.15) is 5.82 Å². The van der Waals surface area contributed by atoms with Gasteiger partial charge in [-0.15, -0.1) is 0 Å². The maximum Gasteiger partial charge on any atom is 0.275 e. The van der Waals surface area contributed by atoms with E-state index in [1.807, 2.05) is 0 Å². The summed E-state index contributed by atoms with van der Waals surface area (Å²) >= 11 is 0. The van der Waals surface area contributed by atoms with Gasteiger partial charge >= 0.3 is 0 Å². The number of rotatable bonds is 5. The Balaban J connectivity index is 1.39. The zero-order valence-electron chi connectivity index (χ0n) is 16.1. The Morgan fingerprint density at radius 2 is 1.85 bits per heavy atom. The molecule has 6 heteroatoms. The minimum Gasteiger partial charge on any atom is -0.349 e. The summed E-state index contributed by atoms with van der Waals surface area (Å²) in [6.45, 7) is 4.46. The molecule has 0 unspecified atom stereocenters. The van der Waals surface area contributed by atoms with Crippen molar-refractivity contribution < 1.29 is 18.9 Å². The first kappa shape index (κ1) is 19.8. The highest BCUT2D eigenvalue weighted by Crippen LogP contribution is 2.23. The molecule has 2 amide bonds. The van der Waals surface area contributed by atoms with Crippen LogP contribution in [0.1, 0.15) is 55.8 Å². The van der Waals surface area contributed by atoms with Crippen molar-refractivity contribution in [3.05, 3.63) is 35.6 Å². The van der Waals surface area contributed by atoms with Crippen LogP contribution < -0.4 is 15.5 Å². The first-order chi connectivity index (χ1) is 13.0. The molecule has 2 atom stereocenters. The number of halogens is 1. The molecule has 1 heterocycles. The number of carbonyl (C=O) groups is 2. The van der Waals surface area contributed by atoms with Crippen LogP contribution in [0.2, 0.25) is 0 Å². The minimum atomic E-state index is -0.403. The van der Waals surface area contributed by atoms with E-state index in [4.69, 9.17) is 0 Å². The van der Waals surface area contributed by atoms with E-state index in [-0.39, 0.29) is 17.9 Å². The summed E-state index contributed by atoms with van der Waals surface area (Å²) in [6.07, 6.45) is 6.45. The quantitative estimate of drug-likeness (QED) is 0.725. The van der Waals surface area contributed by atoms with Gasteiger partial charge in [0.05, 0.1) is 13.1 Å². The Hall–Kier alpha value is -1.95. The van der Waals surface area contributed by atoms with E-state index in [9.17, 15) is 14.0 Å².